The molecule has 7 nitrogen and oxygen atoms in total. The first kappa shape index (κ1) is 23.4. The number of nitrogens with one attached hydrogen (secondary N) is 2. The largest absolute Gasteiger partial charge is 0.453 e. The second-order valence-corrected chi connectivity index (χ2v) is 8.79. The van der Waals surface area contributed by atoms with E-state index >= 15 is 0 Å². The van der Waals surface area contributed by atoms with Crippen molar-refractivity contribution in [2.24, 2.45) is 0 Å². The monoisotopic (exact) mass is 480 g/mol. The van der Waals surface area contributed by atoms with E-state index in [9.17, 15) is 9.59 Å². The van der Waals surface area contributed by atoms with E-state index in [4.69, 9.17) is 4.74 Å². The third-order valence-corrected chi connectivity index (χ3v) is 6.58. The summed E-state index contributed by atoms with van der Waals surface area (Å²) < 4.78 is 4.78. The van der Waals surface area contributed by atoms with Crippen LogP contribution in [0.3, 0.4) is 0 Å². The average Bonchev–Trinajstić information content (AvgIpc) is 3.62. The number of H-pyrrole nitrogens is 1. The van der Waals surface area contributed by atoms with Crippen molar-refractivity contribution < 1.29 is 14.3 Å². The van der Waals surface area contributed by atoms with Crippen molar-refractivity contribution in [3.05, 3.63) is 103 Å². The summed E-state index contributed by atoms with van der Waals surface area (Å²) in [5, 5.41) is 2.70. The Bertz CT molecular complexity index is 1320. The molecule has 0 bridgehead atoms. The van der Waals surface area contributed by atoms with Crippen molar-refractivity contribution in [1.29, 1.82) is 0 Å². The van der Waals surface area contributed by atoms with Crippen LogP contribution in [-0.2, 0) is 9.53 Å². The molecule has 7 heteroatoms. The molecule has 0 aliphatic carbocycles. The van der Waals surface area contributed by atoms with Crippen LogP contribution in [0.5, 0.6) is 0 Å². The molecule has 2 atom stereocenters. The van der Waals surface area contributed by atoms with Crippen LogP contribution in [0, 0.1) is 0 Å². The summed E-state index contributed by atoms with van der Waals surface area (Å²) in [6.07, 6.45) is 2.82. The van der Waals surface area contributed by atoms with Gasteiger partial charge in [0.1, 0.15) is 11.9 Å². The van der Waals surface area contributed by atoms with Gasteiger partial charge < -0.3 is 19.9 Å². The summed E-state index contributed by atoms with van der Waals surface area (Å²) in [6.45, 7) is 0.595. The fourth-order valence-electron chi connectivity index (χ4n) is 4.72. The van der Waals surface area contributed by atoms with E-state index in [1.807, 2.05) is 54.7 Å². The molecular formula is C29H28N4O3. The Balaban J connectivity index is 1.36. The molecule has 0 saturated carbocycles. The van der Waals surface area contributed by atoms with Crippen LogP contribution >= 0.6 is 0 Å². The van der Waals surface area contributed by atoms with Crippen molar-refractivity contribution in [2.45, 2.75) is 24.9 Å². The van der Waals surface area contributed by atoms with Crippen LogP contribution in [0.15, 0.2) is 91.1 Å². The fourth-order valence-corrected chi connectivity index (χ4v) is 4.72. The molecule has 1 aliphatic rings. The predicted molar refractivity (Wildman–Crippen MR) is 138 cm³/mol. The molecule has 182 valence electrons. The van der Waals surface area contributed by atoms with Gasteiger partial charge in [0.2, 0.25) is 0 Å². The number of carbonyl (C=O) groups excluding carboxylic acids is 2. The average molecular weight is 481 g/mol. The van der Waals surface area contributed by atoms with Gasteiger partial charge in [-0.3, -0.25) is 4.79 Å². The third-order valence-electron chi connectivity index (χ3n) is 6.58. The van der Waals surface area contributed by atoms with Gasteiger partial charge in [0.15, 0.2) is 0 Å². The smallest absolute Gasteiger partial charge is 0.407 e. The summed E-state index contributed by atoms with van der Waals surface area (Å²) in [4.78, 5) is 35.5. The van der Waals surface area contributed by atoms with Crippen molar-refractivity contribution in [3.8, 4) is 22.4 Å². The van der Waals surface area contributed by atoms with Crippen molar-refractivity contribution in [3.63, 3.8) is 0 Å². The molecule has 36 heavy (non-hydrogen) atoms. The number of amides is 2. The number of hydrogen-bond donors (Lipinski definition) is 2. The Labute approximate surface area is 210 Å². The third kappa shape index (κ3) is 4.86. The minimum atomic E-state index is -0.834. The number of nitrogens with zero attached hydrogens (tertiary/aromatic N) is 2. The molecule has 0 unspecified atom stereocenters. The number of aromatic nitrogens is 2. The van der Waals surface area contributed by atoms with Gasteiger partial charge in [-0.15, -0.1) is 0 Å². The van der Waals surface area contributed by atoms with E-state index in [0.29, 0.717) is 12.1 Å². The zero-order chi connectivity index (χ0) is 24.9. The van der Waals surface area contributed by atoms with Gasteiger partial charge in [-0.25, -0.2) is 9.78 Å². The summed E-state index contributed by atoms with van der Waals surface area (Å²) in [6, 6.07) is 26.8. The summed E-state index contributed by atoms with van der Waals surface area (Å²) in [5.74, 6) is 0.562. The quantitative estimate of drug-likeness (QED) is 0.381. The van der Waals surface area contributed by atoms with E-state index in [0.717, 1.165) is 35.5 Å². The summed E-state index contributed by atoms with van der Waals surface area (Å²) >= 11 is 0. The Hall–Kier alpha value is -4.39. The molecule has 1 saturated heterocycles. The lowest BCUT2D eigenvalue weighted by atomic mass is 10.0. The van der Waals surface area contributed by atoms with Gasteiger partial charge >= 0.3 is 6.09 Å². The standard InChI is InChI=1S/C29H28N4O3/c1-36-29(35)32-26(23-11-6-3-7-12-23)28(34)33-18-8-13-25(33)27-30-19-24(31-27)22-16-14-21(15-17-22)20-9-4-2-5-10-20/h2-7,9-12,14-17,19,25-26H,8,13,18H2,1H3,(H,30,31)(H,32,35)/t25-,26-/m0/s1. The molecule has 2 heterocycles. The molecule has 3 aromatic carbocycles. The minimum Gasteiger partial charge on any atom is -0.453 e. The van der Waals surface area contributed by atoms with Crippen LogP contribution in [0.1, 0.15) is 36.3 Å². The number of methoxy groups -OCH3 is 1. The summed E-state index contributed by atoms with van der Waals surface area (Å²) in [7, 11) is 1.29. The Morgan fingerprint density at radius 3 is 2.28 bits per heavy atom. The number of aromatic amines is 1. The summed E-state index contributed by atoms with van der Waals surface area (Å²) in [5.41, 5.74) is 4.95. The van der Waals surface area contributed by atoms with Gasteiger partial charge in [0.25, 0.3) is 5.91 Å². The minimum absolute atomic E-state index is 0.181. The predicted octanol–water partition coefficient (Wildman–Crippen LogP) is 5.50. The molecule has 0 radical (unpaired) electrons. The number of imidazole rings is 1. The van der Waals surface area contributed by atoms with Crippen LogP contribution in [0.4, 0.5) is 4.79 Å². The zero-order valence-corrected chi connectivity index (χ0v) is 20.1. The van der Waals surface area contributed by atoms with E-state index in [1.165, 1.54) is 12.7 Å². The molecule has 1 aromatic heterocycles. The van der Waals surface area contributed by atoms with Gasteiger partial charge in [-0.05, 0) is 35.1 Å². The van der Waals surface area contributed by atoms with E-state index in [1.54, 1.807) is 4.90 Å². The van der Waals surface area contributed by atoms with E-state index < -0.39 is 12.1 Å². The topological polar surface area (TPSA) is 87.3 Å². The lowest BCUT2D eigenvalue weighted by Gasteiger charge is -2.28. The SMILES string of the molecule is COC(=O)N[C@H](C(=O)N1CCC[C@H]1c1ncc(-c2ccc(-c3ccccc3)cc2)[nH]1)c1ccccc1. The first-order valence-electron chi connectivity index (χ1n) is 12.0. The second-order valence-electron chi connectivity index (χ2n) is 8.79. The van der Waals surface area contributed by atoms with E-state index in [-0.39, 0.29) is 11.9 Å². The normalized spacial score (nSPS) is 15.9. The number of likely N-dealkylation sites (tertiary alicyclic amines) is 1. The molecule has 1 fully saturated rings. The number of carbonyl (C=O) groups is 2. The van der Waals surface area contributed by atoms with Gasteiger partial charge in [0.05, 0.1) is 25.0 Å². The number of alkyl carbamates (subject to hydrolysis) is 1. The molecule has 4 aromatic rings. The second kappa shape index (κ2) is 10.5. The highest BCUT2D eigenvalue weighted by molar-refractivity contribution is 5.87. The lowest BCUT2D eigenvalue weighted by molar-refractivity contribution is -0.134. The van der Waals surface area contributed by atoms with Crippen LogP contribution < -0.4 is 5.32 Å². The number of benzene rings is 3. The van der Waals surface area contributed by atoms with Gasteiger partial charge in [0, 0.05) is 6.54 Å². The molecule has 5 rings (SSSR count). The van der Waals surface area contributed by atoms with Gasteiger partial charge in [-0.2, -0.15) is 0 Å². The number of hydrogen-bond acceptors (Lipinski definition) is 4. The fraction of sp³-hybridized carbons (Fsp3) is 0.207. The molecular weight excluding hydrogens is 452 g/mol. The lowest BCUT2D eigenvalue weighted by Crippen LogP contribution is -2.42. The highest BCUT2D eigenvalue weighted by atomic mass is 16.5. The van der Waals surface area contributed by atoms with Crippen molar-refractivity contribution >= 4 is 12.0 Å². The molecule has 2 amide bonds. The molecule has 0 spiro atoms. The van der Waals surface area contributed by atoms with E-state index in [2.05, 4.69) is 51.7 Å². The Morgan fingerprint density at radius 1 is 0.944 bits per heavy atom. The van der Waals surface area contributed by atoms with Crippen molar-refractivity contribution in [1.82, 2.24) is 20.2 Å². The van der Waals surface area contributed by atoms with Crippen molar-refractivity contribution in [2.75, 3.05) is 13.7 Å². The number of rotatable bonds is 6. The molecule has 1 aliphatic heterocycles. The van der Waals surface area contributed by atoms with Gasteiger partial charge in [-0.1, -0.05) is 84.9 Å². The zero-order valence-electron chi connectivity index (χ0n) is 20.1. The van der Waals surface area contributed by atoms with Crippen LogP contribution in [-0.4, -0.2) is 40.5 Å². The van der Waals surface area contributed by atoms with Crippen LogP contribution in [0.2, 0.25) is 0 Å². The highest BCUT2D eigenvalue weighted by Crippen LogP contribution is 2.34. The Morgan fingerprint density at radius 2 is 1.58 bits per heavy atom. The maximum absolute atomic E-state index is 13.6. The molecule has 2 N–H and O–H groups in total. The first-order chi connectivity index (χ1) is 17.6. The maximum atomic E-state index is 13.6. The Kier molecular flexibility index (Phi) is 6.80. The maximum Gasteiger partial charge on any atom is 0.407 e. The number of ether oxygens (including phenoxy) is 1. The first-order valence-corrected chi connectivity index (χ1v) is 12.0. The highest BCUT2D eigenvalue weighted by Gasteiger charge is 2.37. The van der Waals surface area contributed by atoms with Crippen LogP contribution in [0.25, 0.3) is 22.4 Å².